The van der Waals surface area contributed by atoms with Crippen LogP contribution in [0.2, 0.25) is 5.15 Å². The van der Waals surface area contributed by atoms with Crippen LogP contribution in [0, 0.1) is 6.20 Å². The van der Waals surface area contributed by atoms with Crippen LogP contribution in [-0.2, 0) is 0 Å². The zero-order valence-corrected chi connectivity index (χ0v) is 7.01. The summed E-state index contributed by atoms with van der Waals surface area (Å²) in [5, 5.41) is 3.16. The quantitative estimate of drug-likeness (QED) is 0.526. The van der Waals surface area contributed by atoms with Crippen LogP contribution in [0.1, 0.15) is 5.56 Å². The van der Waals surface area contributed by atoms with Gasteiger partial charge in [-0.25, -0.2) is 0 Å². The minimum absolute atomic E-state index is 0.253. The Morgan fingerprint density at radius 3 is 3.17 bits per heavy atom. The van der Waals surface area contributed by atoms with Gasteiger partial charge in [0.25, 0.3) is 0 Å². The molecule has 4 nitrogen and oxygen atoms in total. The van der Waals surface area contributed by atoms with Crippen molar-refractivity contribution < 1.29 is 4.74 Å². The van der Waals surface area contributed by atoms with Crippen molar-refractivity contribution in [3.05, 3.63) is 16.9 Å². The Balaban J connectivity index is 2.56. The van der Waals surface area contributed by atoms with E-state index < -0.39 is 0 Å². The predicted octanol–water partition coefficient (Wildman–Crippen LogP) is 1.34. The van der Waals surface area contributed by atoms with Gasteiger partial charge >= 0.3 is 11.8 Å². The molecule has 1 N–H and O–H groups in total. The lowest BCUT2D eigenvalue weighted by Gasteiger charge is -1.95. The topological polar surface area (TPSA) is 47.0 Å². The molecule has 0 saturated heterocycles. The van der Waals surface area contributed by atoms with E-state index in [1.54, 1.807) is 6.08 Å². The number of nitrogens with zero attached hydrogens (tertiary/aromatic N) is 2. The Labute approximate surface area is 74.2 Å². The molecule has 1 aliphatic heterocycles. The number of methoxy groups -OCH3 is 1. The van der Waals surface area contributed by atoms with Crippen molar-refractivity contribution in [1.29, 1.82) is 0 Å². The summed E-state index contributed by atoms with van der Waals surface area (Å²) in [4.78, 5) is 7.89. The Morgan fingerprint density at radius 1 is 1.58 bits per heavy atom. The Hall–Kier alpha value is -1.38. The van der Waals surface area contributed by atoms with Gasteiger partial charge in [-0.05, 0) is 11.6 Å². The summed E-state index contributed by atoms with van der Waals surface area (Å²) >= 11 is 5.81. The second-order valence-corrected chi connectivity index (χ2v) is 2.54. The number of nitrogens with one attached hydrogen (secondary N) is 1. The van der Waals surface area contributed by atoms with Crippen LogP contribution in [0.3, 0.4) is 0 Å². The molecule has 0 unspecified atom stereocenters. The third-order valence-corrected chi connectivity index (χ3v) is 1.76. The number of fused-ring (bicyclic) bond motifs is 1. The molecule has 0 radical (unpaired) electrons. The van der Waals surface area contributed by atoms with Crippen LogP contribution in [0.25, 0.3) is 6.08 Å². The first-order chi connectivity index (χ1) is 5.81. The van der Waals surface area contributed by atoms with Crippen molar-refractivity contribution in [3.63, 3.8) is 0 Å². The molecule has 12 heavy (non-hydrogen) atoms. The number of halogens is 1. The average Bonchev–Trinajstić information content (AvgIpc) is 2.52. The highest BCUT2D eigenvalue weighted by Crippen LogP contribution is 2.27. The van der Waals surface area contributed by atoms with Crippen molar-refractivity contribution in [2.24, 2.45) is 0 Å². The largest absolute Gasteiger partial charge is 0.466 e. The summed E-state index contributed by atoms with van der Waals surface area (Å²) < 4.78 is 4.83. The molecular formula is C7H5ClN3O+. The second-order valence-electron chi connectivity index (χ2n) is 2.18. The summed E-state index contributed by atoms with van der Waals surface area (Å²) in [6.45, 7) is 0. The molecule has 2 heterocycles. The molecule has 0 atom stereocenters. The third kappa shape index (κ3) is 0.978. The molecule has 1 aromatic rings. The number of anilines is 1. The van der Waals surface area contributed by atoms with E-state index in [4.69, 9.17) is 16.3 Å². The molecule has 0 fully saturated rings. The first-order valence-electron chi connectivity index (χ1n) is 3.27. The van der Waals surface area contributed by atoms with E-state index in [0.717, 1.165) is 5.56 Å². The molecular weight excluding hydrogens is 178 g/mol. The molecule has 0 aliphatic carbocycles. The number of hydrogen-bond donors (Lipinski definition) is 1. The summed E-state index contributed by atoms with van der Waals surface area (Å²) in [5.74, 6) is 0.631. The first kappa shape index (κ1) is 7.28. The smallest absolute Gasteiger partial charge is 0.335 e. The van der Waals surface area contributed by atoms with Crippen molar-refractivity contribution in [2.45, 2.75) is 0 Å². The highest BCUT2D eigenvalue weighted by Gasteiger charge is 2.25. The highest BCUT2D eigenvalue weighted by molar-refractivity contribution is 6.31. The molecule has 2 rings (SSSR count). The van der Waals surface area contributed by atoms with Crippen molar-refractivity contribution in [1.82, 2.24) is 9.97 Å². The Morgan fingerprint density at radius 2 is 2.42 bits per heavy atom. The molecule has 0 aromatic carbocycles. The highest BCUT2D eigenvalue weighted by atomic mass is 35.5. The summed E-state index contributed by atoms with van der Waals surface area (Å²) in [6.07, 6.45) is 4.45. The van der Waals surface area contributed by atoms with Gasteiger partial charge in [-0.2, -0.15) is 10.3 Å². The predicted molar refractivity (Wildman–Crippen MR) is 44.9 cm³/mol. The van der Waals surface area contributed by atoms with Crippen molar-refractivity contribution >= 4 is 23.5 Å². The summed E-state index contributed by atoms with van der Waals surface area (Å²) in [5.41, 5.74) is 0.748. The zero-order valence-electron chi connectivity index (χ0n) is 6.26. The molecule has 0 amide bonds. The molecule has 5 heteroatoms. The van der Waals surface area contributed by atoms with E-state index in [9.17, 15) is 0 Å². The number of hydrogen-bond acceptors (Lipinski definition) is 4. The lowest BCUT2D eigenvalue weighted by atomic mass is 10.3. The first-order valence-corrected chi connectivity index (χ1v) is 3.65. The third-order valence-electron chi connectivity index (χ3n) is 1.47. The number of aromatic nitrogens is 2. The van der Waals surface area contributed by atoms with Crippen molar-refractivity contribution in [2.75, 3.05) is 12.4 Å². The van der Waals surface area contributed by atoms with Crippen LogP contribution in [-0.4, -0.2) is 17.1 Å². The maximum absolute atomic E-state index is 5.81. The van der Waals surface area contributed by atoms with Gasteiger partial charge in [0.1, 0.15) is 12.3 Å². The Kier molecular flexibility index (Phi) is 1.57. The zero-order chi connectivity index (χ0) is 8.55. The van der Waals surface area contributed by atoms with Crippen LogP contribution in [0.15, 0.2) is 0 Å². The van der Waals surface area contributed by atoms with Gasteiger partial charge in [0.2, 0.25) is 10.7 Å². The van der Waals surface area contributed by atoms with Gasteiger partial charge in [0, 0.05) is 0 Å². The fraction of sp³-hybridized carbons (Fsp3) is 0.143. The van der Waals surface area contributed by atoms with E-state index in [1.807, 2.05) is 0 Å². The fourth-order valence-electron chi connectivity index (χ4n) is 0.914. The van der Waals surface area contributed by atoms with E-state index in [1.165, 1.54) is 7.11 Å². The molecule has 0 spiro atoms. The number of rotatable bonds is 1. The van der Waals surface area contributed by atoms with E-state index in [2.05, 4.69) is 21.5 Å². The van der Waals surface area contributed by atoms with Crippen LogP contribution >= 0.6 is 11.6 Å². The molecule has 1 aliphatic rings. The summed E-state index contributed by atoms with van der Waals surface area (Å²) in [6, 6.07) is 0.253. The normalized spacial score (nSPS) is 11.8. The monoisotopic (exact) mass is 182 g/mol. The Bertz CT molecular complexity index is 351. The second kappa shape index (κ2) is 2.59. The molecule has 60 valence electrons. The van der Waals surface area contributed by atoms with Gasteiger partial charge in [-0.3, -0.25) is 0 Å². The van der Waals surface area contributed by atoms with Gasteiger partial charge in [-0.15, -0.1) is 0 Å². The lowest BCUT2D eigenvalue weighted by molar-refractivity contribution is 0.380. The maximum Gasteiger partial charge on any atom is 0.335 e. The standard InChI is InChI=1S/C7H5ClN3O/c1-12-7-10-5(8)4-2-3-9-6(4)11-7/h2H,1H3,(H,9,10,11)/q+1. The van der Waals surface area contributed by atoms with E-state index in [-0.39, 0.29) is 6.01 Å². The van der Waals surface area contributed by atoms with E-state index in [0.29, 0.717) is 11.0 Å². The van der Waals surface area contributed by atoms with Gasteiger partial charge in [0.15, 0.2) is 0 Å². The fourth-order valence-corrected chi connectivity index (χ4v) is 1.13. The minimum atomic E-state index is 0.253. The van der Waals surface area contributed by atoms with E-state index >= 15 is 0 Å². The van der Waals surface area contributed by atoms with Crippen LogP contribution in [0.4, 0.5) is 5.82 Å². The summed E-state index contributed by atoms with van der Waals surface area (Å²) in [7, 11) is 1.49. The van der Waals surface area contributed by atoms with Crippen LogP contribution in [0.5, 0.6) is 6.01 Å². The van der Waals surface area contributed by atoms with Gasteiger partial charge < -0.3 is 4.74 Å². The van der Waals surface area contributed by atoms with Gasteiger partial charge in [-0.1, -0.05) is 4.98 Å². The maximum atomic E-state index is 5.81. The van der Waals surface area contributed by atoms with Crippen LogP contribution < -0.4 is 10.1 Å². The van der Waals surface area contributed by atoms with Crippen molar-refractivity contribution in [3.8, 4) is 6.01 Å². The van der Waals surface area contributed by atoms with Gasteiger partial charge in [0.05, 0.1) is 7.11 Å². The minimum Gasteiger partial charge on any atom is -0.466 e. The number of ether oxygens (including phenoxy) is 1. The molecule has 1 aromatic heterocycles. The SMILES string of the molecule is COc1nc(Cl)c2c(n1)N[C+]=C2. The molecule has 0 bridgehead atoms. The average molecular weight is 183 g/mol. The molecule has 0 saturated carbocycles. The lowest BCUT2D eigenvalue weighted by Crippen LogP contribution is -1.97.